The number of carbonyl (C=O) groups is 3. The van der Waals surface area contributed by atoms with Crippen molar-refractivity contribution in [3.8, 4) is 0 Å². The third-order valence-corrected chi connectivity index (χ3v) is 8.84. The highest BCUT2D eigenvalue weighted by Crippen LogP contribution is 2.38. The van der Waals surface area contributed by atoms with Gasteiger partial charge in [0.25, 0.3) is 5.91 Å². The van der Waals surface area contributed by atoms with Crippen LogP contribution in [0.1, 0.15) is 65.7 Å². The Morgan fingerprint density at radius 1 is 1.02 bits per heavy atom. The number of carbonyl (C=O) groups excluding carboxylic acids is 3. The number of piperidine rings is 2. The number of nitrogens with one attached hydrogen (secondary N) is 1. The summed E-state index contributed by atoms with van der Waals surface area (Å²) in [5.74, 6) is -0.182. The van der Waals surface area contributed by atoms with Crippen LogP contribution in [-0.2, 0) is 22.2 Å². The first-order valence-corrected chi connectivity index (χ1v) is 14.6. The van der Waals surface area contributed by atoms with E-state index >= 15 is 0 Å². The van der Waals surface area contributed by atoms with Gasteiger partial charge in [0.2, 0.25) is 0 Å². The van der Waals surface area contributed by atoms with Gasteiger partial charge in [0.15, 0.2) is 0 Å². The van der Waals surface area contributed by atoms with E-state index < -0.39 is 17.3 Å². The molecule has 2 aromatic rings. The zero-order valence-corrected chi connectivity index (χ0v) is 24.4. The lowest BCUT2D eigenvalue weighted by Crippen LogP contribution is -2.46. The highest BCUT2D eigenvalue weighted by Gasteiger charge is 2.48. The highest BCUT2D eigenvalue weighted by molar-refractivity contribution is 5.94. The summed E-state index contributed by atoms with van der Waals surface area (Å²) in [4.78, 5) is 42.9. The van der Waals surface area contributed by atoms with Gasteiger partial charge in [-0.1, -0.05) is 24.3 Å². The molecule has 43 heavy (non-hydrogen) atoms. The standard InChI is InChI=1S/C31H37F3N4O5/c1-21(23-5-7-24(8-6-23)27(39)35-26-11-15-37(16-12-26)28(40)42-2)38-20-30(43-29(38)41)13-17-36(18-14-30)19-22-3-9-25(10-4-22)31(32,33)34/h3-10,21,26H,11-20H2,1-2H3,(H,35,39). The molecule has 9 nitrogen and oxygen atoms in total. The van der Waals surface area contributed by atoms with Crippen LogP contribution in [0.25, 0.3) is 0 Å². The van der Waals surface area contributed by atoms with Gasteiger partial charge in [-0.15, -0.1) is 0 Å². The molecule has 0 aromatic heterocycles. The summed E-state index contributed by atoms with van der Waals surface area (Å²) in [6.07, 6.45) is -2.49. The molecule has 3 aliphatic rings. The maximum atomic E-state index is 12.9. The molecule has 3 amide bonds. The fraction of sp³-hybridized carbons (Fsp3) is 0.516. The zero-order chi connectivity index (χ0) is 30.8. The number of rotatable bonds is 6. The van der Waals surface area contributed by atoms with Crippen molar-refractivity contribution >= 4 is 18.1 Å². The summed E-state index contributed by atoms with van der Waals surface area (Å²) in [5, 5.41) is 3.04. The first-order chi connectivity index (χ1) is 20.5. The molecule has 0 bridgehead atoms. The number of hydrogen-bond donors (Lipinski definition) is 1. The number of ether oxygens (including phenoxy) is 2. The molecular formula is C31H37F3N4O5. The van der Waals surface area contributed by atoms with Crippen molar-refractivity contribution in [2.75, 3.05) is 39.8 Å². The molecule has 232 valence electrons. The van der Waals surface area contributed by atoms with Gasteiger partial charge < -0.3 is 19.7 Å². The number of likely N-dealkylation sites (tertiary alicyclic amines) is 2. The second-order valence-electron chi connectivity index (χ2n) is 11.7. The summed E-state index contributed by atoms with van der Waals surface area (Å²) in [5.41, 5.74) is 0.964. The Balaban J connectivity index is 1.11. The number of benzene rings is 2. The van der Waals surface area contributed by atoms with Crippen molar-refractivity contribution in [3.05, 3.63) is 70.8 Å². The number of alkyl halides is 3. The lowest BCUT2D eigenvalue weighted by atomic mass is 9.90. The van der Waals surface area contributed by atoms with Gasteiger partial charge in [0.1, 0.15) is 5.60 Å². The van der Waals surface area contributed by atoms with Gasteiger partial charge in [-0.3, -0.25) is 14.6 Å². The molecule has 3 saturated heterocycles. The molecule has 12 heteroatoms. The Kier molecular flexibility index (Phi) is 8.86. The second-order valence-corrected chi connectivity index (χ2v) is 11.7. The van der Waals surface area contributed by atoms with Crippen LogP contribution >= 0.6 is 0 Å². The van der Waals surface area contributed by atoms with Crippen LogP contribution in [0, 0.1) is 0 Å². The molecule has 1 spiro atoms. The van der Waals surface area contributed by atoms with E-state index in [2.05, 4.69) is 10.2 Å². The van der Waals surface area contributed by atoms with Crippen LogP contribution in [0.3, 0.4) is 0 Å². The third-order valence-electron chi connectivity index (χ3n) is 8.84. The van der Waals surface area contributed by atoms with E-state index in [0.29, 0.717) is 70.5 Å². The smallest absolute Gasteiger partial charge is 0.416 e. The Bertz CT molecular complexity index is 1300. The number of methoxy groups -OCH3 is 1. The minimum atomic E-state index is -4.35. The quantitative estimate of drug-likeness (QED) is 0.488. The molecule has 3 heterocycles. The molecule has 0 saturated carbocycles. The predicted octanol–water partition coefficient (Wildman–Crippen LogP) is 5.21. The van der Waals surface area contributed by atoms with Gasteiger partial charge in [-0.2, -0.15) is 13.2 Å². The minimum Gasteiger partial charge on any atom is -0.453 e. The second kappa shape index (κ2) is 12.4. The minimum absolute atomic E-state index is 0.0241. The van der Waals surface area contributed by atoms with Crippen LogP contribution in [0.5, 0.6) is 0 Å². The largest absolute Gasteiger partial charge is 0.453 e. The maximum absolute atomic E-state index is 12.9. The third kappa shape index (κ3) is 7.06. The molecule has 0 aliphatic carbocycles. The van der Waals surface area contributed by atoms with Crippen molar-refractivity contribution < 1.29 is 37.0 Å². The first kappa shape index (κ1) is 30.7. The van der Waals surface area contributed by atoms with E-state index in [9.17, 15) is 27.6 Å². The zero-order valence-electron chi connectivity index (χ0n) is 24.4. The first-order valence-electron chi connectivity index (χ1n) is 14.6. The number of nitrogens with zero attached hydrogens (tertiary/aromatic N) is 3. The van der Waals surface area contributed by atoms with E-state index in [1.54, 1.807) is 21.9 Å². The van der Waals surface area contributed by atoms with E-state index in [0.717, 1.165) is 23.3 Å². The monoisotopic (exact) mass is 602 g/mol. The Morgan fingerprint density at radius 2 is 1.65 bits per heavy atom. The van der Waals surface area contributed by atoms with Crippen molar-refractivity contribution in [1.82, 2.24) is 20.0 Å². The van der Waals surface area contributed by atoms with Crippen molar-refractivity contribution in [3.63, 3.8) is 0 Å². The fourth-order valence-corrected chi connectivity index (χ4v) is 6.08. The lowest BCUT2D eigenvalue weighted by Gasteiger charge is -2.37. The van der Waals surface area contributed by atoms with Crippen molar-refractivity contribution in [1.29, 1.82) is 0 Å². The molecule has 1 unspecified atom stereocenters. The molecule has 2 aromatic carbocycles. The normalized spacial score (nSPS) is 20.2. The summed E-state index contributed by atoms with van der Waals surface area (Å²) in [6.45, 7) is 5.31. The Morgan fingerprint density at radius 3 is 2.23 bits per heavy atom. The molecule has 5 rings (SSSR count). The molecule has 1 atom stereocenters. The lowest BCUT2D eigenvalue weighted by molar-refractivity contribution is -0.137. The van der Waals surface area contributed by atoms with Crippen LogP contribution < -0.4 is 5.32 Å². The fourth-order valence-electron chi connectivity index (χ4n) is 6.08. The SMILES string of the molecule is COC(=O)N1CCC(NC(=O)c2ccc(C(C)N3CC4(CCN(Cc5ccc(C(F)(F)F)cc5)CC4)OC3=O)cc2)CC1. The van der Waals surface area contributed by atoms with Gasteiger partial charge in [-0.05, 0) is 55.2 Å². The van der Waals surface area contributed by atoms with Gasteiger partial charge in [-0.25, -0.2) is 9.59 Å². The summed E-state index contributed by atoms with van der Waals surface area (Å²) < 4.78 is 49.2. The number of amides is 3. The molecule has 0 radical (unpaired) electrons. The molecular weight excluding hydrogens is 565 g/mol. The van der Waals surface area contributed by atoms with E-state index in [4.69, 9.17) is 9.47 Å². The van der Waals surface area contributed by atoms with Crippen LogP contribution in [0.15, 0.2) is 48.5 Å². The summed E-state index contributed by atoms with van der Waals surface area (Å²) in [7, 11) is 1.35. The van der Waals surface area contributed by atoms with Crippen molar-refractivity contribution in [2.24, 2.45) is 0 Å². The highest BCUT2D eigenvalue weighted by atomic mass is 19.4. The molecule has 3 fully saturated rings. The summed E-state index contributed by atoms with van der Waals surface area (Å²) >= 11 is 0. The Hall–Kier alpha value is -3.80. The van der Waals surface area contributed by atoms with Gasteiger partial charge >= 0.3 is 18.4 Å². The topological polar surface area (TPSA) is 91.4 Å². The van der Waals surface area contributed by atoms with E-state index in [1.165, 1.54) is 19.2 Å². The average Bonchev–Trinajstić information content (AvgIpc) is 3.33. The van der Waals surface area contributed by atoms with Gasteiger partial charge in [0.05, 0.1) is 25.3 Å². The molecule has 3 aliphatic heterocycles. The van der Waals surface area contributed by atoms with Crippen LogP contribution in [0.2, 0.25) is 0 Å². The Labute approximate surface area is 248 Å². The number of halogens is 3. The number of hydrogen-bond acceptors (Lipinski definition) is 6. The molecule has 1 N–H and O–H groups in total. The predicted molar refractivity (Wildman–Crippen MR) is 151 cm³/mol. The van der Waals surface area contributed by atoms with Crippen LogP contribution in [-0.4, -0.2) is 84.3 Å². The van der Waals surface area contributed by atoms with E-state index in [1.807, 2.05) is 19.1 Å². The van der Waals surface area contributed by atoms with Gasteiger partial charge in [0, 0.05) is 57.2 Å². The van der Waals surface area contributed by atoms with Crippen LogP contribution in [0.4, 0.5) is 22.8 Å². The average molecular weight is 603 g/mol. The summed E-state index contributed by atoms with van der Waals surface area (Å²) in [6, 6.07) is 12.2. The van der Waals surface area contributed by atoms with E-state index in [-0.39, 0.29) is 30.2 Å². The van der Waals surface area contributed by atoms with Crippen molar-refractivity contribution in [2.45, 2.75) is 63.0 Å². The maximum Gasteiger partial charge on any atom is 0.416 e.